The van der Waals surface area contributed by atoms with E-state index in [0.29, 0.717) is 16.8 Å². The summed E-state index contributed by atoms with van der Waals surface area (Å²) in [4.78, 5) is 39.1. The largest absolute Gasteiger partial charge is 0.335 e. The van der Waals surface area contributed by atoms with E-state index in [1.54, 1.807) is 35.9 Å². The maximum absolute atomic E-state index is 13.2. The summed E-state index contributed by atoms with van der Waals surface area (Å²) in [7, 11) is 0. The lowest BCUT2D eigenvalue weighted by atomic mass is 10.1. The molecule has 1 saturated heterocycles. The maximum Gasteiger partial charge on any atom is 0.335 e. The van der Waals surface area contributed by atoms with Crippen molar-refractivity contribution in [1.82, 2.24) is 9.88 Å². The number of nitrogens with one attached hydrogen (secondary N) is 1. The molecule has 2 heterocycles. The summed E-state index contributed by atoms with van der Waals surface area (Å²) >= 11 is 3.36. The SMILES string of the molecule is Cc1cc(Br)ccc1N1C(=O)NC(=O)C(=Cc2cn(CC#N)c3ccccc23)C1=O. The van der Waals surface area contributed by atoms with Crippen LogP contribution in [-0.2, 0) is 16.1 Å². The molecule has 0 aliphatic carbocycles. The van der Waals surface area contributed by atoms with E-state index in [1.807, 2.05) is 24.3 Å². The Balaban J connectivity index is 1.83. The first kappa shape index (κ1) is 19.6. The highest BCUT2D eigenvalue weighted by Crippen LogP contribution is 2.29. The van der Waals surface area contributed by atoms with Gasteiger partial charge < -0.3 is 4.57 Å². The summed E-state index contributed by atoms with van der Waals surface area (Å²) in [6.45, 7) is 1.91. The quantitative estimate of drug-likeness (QED) is 0.471. The number of nitrogens with zero attached hydrogens (tertiary/aromatic N) is 3. The maximum atomic E-state index is 13.2. The first-order chi connectivity index (χ1) is 14.4. The van der Waals surface area contributed by atoms with Crippen LogP contribution >= 0.6 is 15.9 Å². The molecule has 30 heavy (non-hydrogen) atoms. The minimum atomic E-state index is -0.792. The normalized spacial score (nSPS) is 15.6. The molecular formula is C22H15BrN4O3. The van der Waals surface area contributed by atoms with Crippen molar-refractivity contribution in [3.63, 3.8) is 0 Å². The Hall–Kier alpha value is -3.70. The number of fused-ring (bicyclic) bond motifs is 1. The van der Waals surface area contributed by atoms with Crippen LogP contribution in [0.3, 0.4) is 0 Å². The van der Waals surface area contributed by atoms with Gasteiger partial charge in [0, 0.05) is 27.1 Å². The van der Waals surface area contributed by atoms with E-state index in [2.05, 4.69) is 27.3 Å². The number of aromatic nitrogens is 1. The lowest BCUT2D eigenvalue weighted by Gasteiger charge is -2.27. The number of anilines is 1. The molecule has 0 radical (unpaired) electrons. The standard InChI is InChI=1S/C22H15BrN4O3/c1-13-10-15(23)6-7-18(13)27-21(29)17(20(28)25-22(27)30)11-14-12-26(9-8-24)19-5-3-2-4-16(14)19/h2-7,10-12H,9H2,1H3,(H,25,28,30). The first-order valence-corrected chi connectivity index (χ1v) is 9.82. The number of urea groups is 1. The van der Waals surface area contributed by atoms with Crippen LogP contribution in [0.25, 0.3) is 17.0 Å². The Morgan fingerprint density at radius 2 is 1.93 bits per heavy atom. The molecule has 1 fully saturated rings. The zero-order valence-corrected chi connectivity index (χ0v) is 17.4. The van der Waals surface area contributed by atoms with E-state index in [4.69, 9.17) is 5.26 Å². The Bertz CT molecular complexity index is 1300. The van der Waals surface area contributed by atoms with E-state index in [9.17, 15) is 14.4 Å². The van der Waals surface area contributed by atoms with Crippen molar-refractivity contribution in [3.05, 3.63) is 69.8 Å². The van der Waals surface area contributed by atoms with Gasteiger partial charge in [-0.3, -0.25) is 14.9 Å². The third kappa shape index (κ3) is 3.29. The molecule has 2 aromatic carbocycles. The summed E-state index contributed by atoms with van der Waals surface area (Å²) in [6.07, 6.45) is 3.18. The number of nitriles is 1. The number of barbiturate groups is 1. The zero-order chi connectivity index (χ0) is 21.4. The summed E-state index contributed by atoms with van der Waals surface area (Å²) in [5.41, 5.74) is 2.36. The average molecular weight is 463 g/mol. The van der Waals surface area contributed by atoms with E-state index >= 15 is 0 Å². The molecular weight excluding hydrogens is 448 g/mol. The summed E-state index contributed by atoms with van der Waals surface area (Å²) in [6, 6.07) is 13.8. The molecule has 0 bridgehead atoms. The van der Waals surface area contributed by atoms with Crippen molar-refractivity contribution in [2.45, 2.75) is 13.5 Å². The molecule has 1 aromatic heterocycles. The van der Waals surface area contributed by atoms with E-state index in [1.165, 1.54) is 6.08 Å². The van der Waals surface area contributed by atoms with Crippen LogP contribution in [0.1, 0.15) is 11.1 Å². The minimum absolute atomic E-state index is 0.131. The van der Waals surface area contributed by atoms with Gasteiger partial charge in [0.1, 0.15) is 12.1 Å². The van der Waals surface area contributed by atoms with E-state index in [-0.39, 0.29) is 12.1 Å². The molecule has 4 rings (SSSR count). The van der Waals surface area contributed by atoms with Crippen molar-refractivity contribution < 1.29 is 14.4 Å². The van der Waals surface area contributed by atoms with Crippen molar-refractivity contribution in [1.29, 1.82) is 5.26 Å². The molecule has 1 aliphatic rings. The highest BCUT2D eigenvalue weighted by atomic mass is 79.9. The van der Waals surface area contributed by atoms with Crippen LogP contribution in [0.5, 0.6) is 0 Å². The highest BCUT2D eigenvalue weighted by molar-refractivity contribution is 9.10. The van der Waals surface area contributed by atoms with Gasteiger partial charge in [0.2, 0.25) is 0 Å². The smallest absolute Gasteiger partial charge is 0.333 e. The van der Waals surface area contributed by atoms with Gasteiger partial charge in [-0.25, -0.2) is 9.69 Å². The third-order valence-corrected chi connectivity index (χ3v) is 5.35. The fourth-order valence-corrected chi connectivity index (χ4v) is 3.97. The summed E-state index contributed by atoms with van der Waals surface area (Å²) in [5.74, 6) is -1.46. The van der Waals surface area contributed by atoms with Gasteiger partial charge >= 0.3 is 6.03 Å². The summed E-state index contributed by atoms with van der Waals surface area (Å²) in [5, 5.41) is 12.1. The second-order valence-corrected chi connectivity index (χ2v) is 7.69. The zero-order valence-electron chi connectivity index (χ0n) is 15.8. The number of hydrogen-bond donors (Lipinski definition) is 1. The predicted octanol–water partition coefficient (Wildman–Crippen LogP) is 3.90. The molecule has 0 atom stereocenters. The highest BCUT2D eigenvalue weighted by Gasteiger charge is 2.37. The third-order valence-electron chi connectivity index (χ3n) is 4.86. The number of hydrogen-bond acceptors (Lipinski definition) is 4. The van der Waals surface area contributed by atoms with Gasteiger partial charge in [-0.1, -0.05) is 34.1 Å². The topological polar surface area (TPSA) is 95.2 Å². The van der Waals surface area contributed by atoms with Gasteiger partial charge in [0.25, 0.3) is 11.8 Å². The van der Waals surface area contributed by atoms with Crippen LogP contribution < -0.4 is 10.2 Å². The number of carbonyl (C=O) groups excluding carboxylic acids is 3. The Morgan fingerprint density at radius 1 is 1.17 bits per heavy atom. The van der Waals surface area contributed by atoms with Gasteiger partial charge in [-0.15, -0.1) is 0 Å². The van der Waals surface area contributed by atoms with Crippen molar-refractivity contribution in [2.24, 2.45) is 0 Å². The number of para-hydroxylation sites is 1. The van der Waals surface area contributed by atoms with Crippen LogP contribution in [0, 0.1) is 18.3 Å². The molecule has 0 saturated carbocycles. The molecule has 3 aromatic rings. The van der Waals surface area contributed by atoms with Gasteiger partial charge in [0.05, 0.1) is 11.8 Å². The van der Waals surface area contributed by atoms with Crippen LogP contribution in [0.2, 0.25) is 0 Å². The molecule has 0 spiro atoms. The van der Waals surface area contributed by atoms with Crippen LogP contribution in [0.4, 0.5) is 10.5 Å². The second-order valence-electron chi connectivity index (χ2n) is 6.78. The van der Waals surface area contributed by atoms with E-state index in [0.717, 1.165) is 20.3 Å². The van der Waals surface area contributed by atoms with Crippen molar-refractivity contribution >= 4 is 56.4 Å². The van der Waals surface area contributed by atoms with Gasteiger partial charge in [-0.2, -0.15) is 5.26 Å². The fourth-order valence-electron chi connectivity index (χ4n) is 3.50. The monoisotopic (exact) mass is 462 g/mol. The first-order valence-electron chi connectivity index (χ1n) is 9.03. The number of imide groups is 2. The van der Waals surface area contributed by atoms with Gasteiger partial charge in [0.15, 0.2) is 0 Å². The Morgan fingerprint density at radius 3 is 2.67 bits per heavy atom. The number of halogens is 1. The lowest BCUT2D eigenvalue weighted by Crippen LogP contribution is -2.54. The number of aryl methyl sites for hydroxylation is 1. The summed E-state index contributed by atoms with van der Waals surface area (Å²) < 4.78 is 2.56. The molecule has 148 valence electrons. The molecule has 4 amide bonds. The fraction of sp³-hybridized carbons (Fsp3) is 0.0909. The van der Waals surface area contributed by atoms with Crippen LogP contribution in [0.15, 0.2) is 58.7 Å². The molecule has 0 unspecified atom stereocenters. The minimum Gasteiger partial charge on any atom is -0.333 e. The Kier molecular flexibility index (Phi) is 4.98. The molecule has 1 aliphatic heterocycles. The molecule has 1 N–H and O–H groups in total. The second kappa shape index (κ2) is 7.61. The van der Waals surface area contributed by atoms with Gasteiger partial charge in [-0.05, 0) is 42.8 Å². The molecule has 8 heteroatoms. The number of benzene rings is 2. The predicted molar refractivity (Wildman–Crippen MR) is 115 cm³/mol. The Labute approximate surface area is 180 Å². The molecule has 7 nitrogen and oxygen atoms in total. The van der Waals surface area contributed by atoms with Crippen molar-refractivity contribution in [2.75, 3.05) is 4.90 Å². The van der Waals surface area contributed by atoms with Crippen molar-refractivity contribution in [3.8, 4) is 6.07 Å². The lowest BCUT2D eigenvalue weighted by molar-refractivity contribution is -0.122. The number of rotatable bonds is 3. The van der Waals surface area contributed by atoms with Crippen LogP contribution in [-0.4, -0.2) is 22.4 Å². The van der Waals surface area contributed by atoms with E-state index < -0.39 is 17.8 Å². The number of amides is 4. The average Bonchev–Trinajstić information content (AvgIpc) is 3.05. The number of carbonyl (C=O) groups is 3.